The molecule has 0 saturated carbocycles. The Bertz CT molecular complexity index is 464. The van der Waals surface area contributed by atoms with Crippen LogP contribution in [-0.2, 0) is 0 Å². The second-order valence-corrected chi connectivity index (χ2v) is 5.94. The number of rotatable bonds is 4. The molecule has 0 amide bonds. The molecule has 0 aromatic heterocycles. The number of anilines is 1. The maximum atomic E-state index is 6.04. The SMILES string of the molecule is CN1CCCCC1CNc1cc(Cl)ccc1C(N)=S. The summed E-state index contributed by atoms with van der Waals surface area (Å²) in [6.45, 7) is 2.07. The van der Waals surface area contributed by atoms with Gasteiger partial charge in [0.25, 0.3) is 0 Å². The van der Waals surface area contributed by atoms with Crippen molar-refractivity contribution >= 4 is 34.5 Å². The summed E-state index contributed by atoms with van der Waals surface area (Å²) in [4.78, 5) is 2.80. The van der Waals surface area contributed by atoms with Gasteiger partial charge in [-0.05, 0) is 44.6 Å². The van der Waals surface area contributed by atoms with E-state index in [0.29, 0.717) is 16.1 Å². The van der Waals surface area contributed by atoms with Crippen LogP contribution >= 0.6 is 23.8 Å². The Hall–Kier alpha value is -0.840. The fraction of sp³-hybridized carbons (Fsp3) is 0.500. The Kier molecular flexibility index (Phi) is 5.02. The van der Waals surface area contributed by atoms with E-state index in [1.807, 2.05) is 18.2 Å². The average Bonchev–Trinajstić information content (AvgIpc) is 2.37. The first-order valence-corrected chi connectivity index (χ1v) is 7.40. The minimum Gasteiger partial charge on any atom is -0.389 e. The maximum absolute atomic E-state index is 6.04. The predicted octanol–water partition coefficient (Wildman–Crippen LogP) is 2.87. The smallest absolute Gasteiger partial charge is 0.106 e. The van der Waals surface area contributed by atoms with Gasteiger partial charge in [0.05, 0.1) is 0 Å². The van der Waals surface area contributed by atoms with Gasteiger partial charge in [0.1, 0.15) is 4.99 Å². The molecule has 1 saturated heterocycles. The number of piperidine rings is 1. The van der Waals surface area contributed by atoms with Crippen molar-refractivity contribution in [3.8, 4) is 0 Å². The number of halogens is 1. The molecule has 0 spiro atoms. The summed E-state index contributed by atoms with van der Waals surface area (Å²) >= 11 is 11.1. The number of nitrogens with two attached hydrogens (primary N) is 1. The lowest BCUT2D eigenvalue weighted by Crippen LogP contribution is -2.40. The van der Waals surface area contributed by atoms with Crippen LogP contribution in [0.1, 0.15) is 24.8 Å². The fourth-order valence-electron chi connectivity index (χ4n) is 2.51. The van der Waals surface area contributed by atoms with Gasteiger partial charge in [0.2, 0.25) is 0 Å². The first-order chi connectivity index (χ1) is 9.08. The van der Waals surface area contributed by atoms with E-state index in [2.05, 4.69) is 17.3 Å². The lowest BCUT2D eigenvalue weighted by atomic mass is 10.0. The molecular weight excluding hydrogens is 278 g/mol. The van der Waals surface area contributed by atoms with E-state index in [4.69, 9.17) is 29.6 Å². The molecule has 2 rings (SSSR count). The van der Waals surface area contributed by atoms with Crippen molar-refractivity contribution in [3.63, 3.8) is 0 Å². The second-order valence-electron chi connectivity index (χ2n) is 5.07. The number of hydrogen-bond donors (Lipinski definition) is 2. The molecule has 3 nitrogen and oxygen atoms in total. The van der Waals surface area contributed by atoms with Crippen LogP contribution < -0.4 is 11.1 Å². The zero-order valence-electron chi connectivity index (χ0n) is 11.2. The molecule has 0 bridgehead atoms. The van der Waals surface area contributed by atoms with Gasteiger partial charge in [-0.15, -0.1) is 0 Å². The third-order valence-corrected chi connectivity index (χ3v) is 4.15. The summed E-state index contributed by atoms with van der Waals surface area (Å²) in [7, 11) is 2.18. The van der Waals surface area contributed by atoms with Gasteiger partial charge in [0, 0.05) is 28.9 Å². The molecule has 1 unspecified atom stereocenters. The summed E-state index contributed by atoms with van der Waals surface area (Å²) in [5.41, 5.74) is 7.53. The van der Waals surface area contributed by atoms with Crippen molar-refractivity contribution in [1.82, 2.24) is 4.90 Å². The summed E-state index contributed by atoms with van der Waals surface area (Å²) in [5.74, 6) is 0. The van der Waals surface area contributed by atoms with Gasteiger partial charge in [-0.25, -0.2) is 0 Å². The number of nitrogens with zero attached hydrogens (tertiary/aromatic N) is 1. The summed E-state index contributed by atoms with van der Waals surface area (Å²) in [5, 5.41) is 4.14. The first kappa shape index (κ1) is 14.6. The van der Waals surface area contributed by atoms with Crippen molar-refractivity contribution in [3.05, 3.63) is 28.8 Å². The third-order valence-electron chi connectivity index (χ3n) is 3.70. The van der Waals surface area contributed by atoms with Crippen LogP contribution in [0.5, 0.6) is 0 Å². The molecule has 1 aliphatic rings. The third kappa shape index (κ3) is 3.81. The van der Waals surface area contributed by atoms with E-state index >= 15 is 0 Å². The zero-order valence-corrected chi connectivity index (χ0v) is 12.7. The normalized spacial score (nSPS) is 20.2. The van der Waals surface area contributed by atoms with Crippen LogP contribution in [0, 0.1) is 0 Å². The fourth-order valence-corrected chi connectivity index (χ4v) is 2.86. The van der Waals surface area contributed by atoms with Crippen molar-refractivity contribution in [2.24, 2.45) is 5.73 Å². The summed E-state index contributed by atoms with van der Waals surface area (Å²) in [6, 6.07) is 6.14. The Morgan fingerprint density at radius 1 is 1.53 bits per heavy atom. The van der Waals surface area contributed by atoms with E-state index in [1.54, 1.807) is 0 Å². The van der Waals surface area contributed by atoms with Gasteiger partial charge >= 0.3 is 0 Å². The molecule has 0 aliphatic carbocycles. The predicted molar refractivity (Wildman–Crippen MR) is 86.1 cm³/mol. The van der Waals surface area contributed by atoms with Crippen LogP contribution in [0.15, 0.2) is 18.2 Å². The number of hydrogen-bond acceptors (Lipinski definition) is 3. The maximum Gasteiger partial charge on any atom is 0.106 e. The lowest BCUT2D eigenvalue weighted by Gasteiger charge is -2.33. The summed E-state index contributed by atoms with van der Waals surface area (Å²) in [6.07, 6.45) is 3.82. The average molecular weight is 298 g/mol. The van der Waals surface area contributed by atoms with E-state index in [-0.39, 0.29) is 0 Å². The highest BCUT2D eigenvalue weighted by Gasteiger charge is 2.18. The molecule has 1 heterocycles. The number of thiocarbonyl (C=S) groups is 1. The van der Waals surface area contributed by atoms with Gasteiger partial charge < -0.3 is 16.0 Å². The van der Waals surface area contributed by atoms with Crippen molar-refractivity contribution in [2.45, 2.75) is 25.3 Å². The second kappa shape index (κ2) is 6.55. The van der Waals surface area contributed by atoms with E-state index in [1.165, 1.54) is 25.8 Å². The van der Waals surface area contributed by atoms with Gasteiger partial charge in [-0.1, -0.05) is 30.2 Å². The number of likely N-dealkylation sites (N-methyl/N-ethyl adjacent to an activating group) is 1. The topological polar surface area (TPSA) is 41.3 Å². The van der Waals surface area contributed by atoms with Gasteiger partial charge in [0.15, 0.2) is 0 Å². The van der Waals surface area contributed by atoms with Crippen LogP contribution in [0.25, 0.3) is 0 Å². The van der Waals surface area contributed by atoms with Crippen LogP contribution in [0.2, 0.25) is 5.02 Å². The molecule has 104 valence electrons. The van der Waals surface area contributed by atoms with E-state index < -0.39 is 0 Å². The zero-order chi connectivity index (χ0) is 13.8. The first-order valence-electron chi connectivity index (χ1n) is 6.61. The molecule has 19 heavy (non-hydrogen) atoms. The Labute approximate surface area is 125 Å². The molecule has 1 fully saturated rings. The molecule has 1 aliphatic heterocycles. The Morgan fingerprint density at radius 2 is 2.32 bits per heavy atom. The van der Waals surface area contributed by atoms with E-state index in [9.17, 15) is 0 Å². The molecule has 0 radical (unpaired) electrons. The standard InChI is InChI=1S/C14H20ClN3S/c1-18-7-3-2-4-11(18)9-17-13-8-10(15)5-6-12(13)14(16)19/h5-6,8,11,17H,2-4,7,9H2,1H3,(H2,16,19). The number of likely N-dealkylation sites (tertiary alicyclic amines) is 1. The number of nitrogens with one attached hydrogen (secondary N) is 1. The molecule has 1 aromatic carbocycles. The highest BCUT2D eigenvalue weighted by molar-refractivity contribution is 7.80. The Balaban J connectivity index is 2.05. The van der Waals surface area contributed by atoms with Crippen molar-refractivity contribution in [2.75, 3.05) is 25.5 Å². The van der Waals surface area contributed by atoms with Crippen LogP contribution in [0.3, 0.4) is 0 Å². The molecule has 5 heteroatoms. The van der Waals surface area contributed by atoms with Crippen LogP contribution in [-0.4, -0.2) is 36.1 Å². The highest BCUT2D eigenvalue weighted by Crippen LogP contribution is 2.22. The minimum atomic E-state index is 0.399. The Morgan fingerprint density at radius 3 is 3.00 bits per heavy atom. The molecule has 3 N–H and O–H groups in total. The van der Waals surface area contributed by atoms with E-state index in [0.717, 1.165) is 17.8 Å². The lowest BCUT2D eigenvalue weighted by molar-refractivity contribution is 0.194. The number of benzene rings is 1. The van der Waals surface area contributed by atoms with Gasteiger partial charge in [-0.2, -0.15) is 0 Å². The van der Waals surface area contributed by atoms with Crippen molar-refractivity contribution < 1.29 is 0 Å². The largest absolute Gasteiger partial charge is 0.389 e. The quantitative estimate of drug-likeness (QED) is 0.839. The molecular formula is C14H20ClN3S. The minimum absolute atomic E-state index is 0.399. The van der Waals surface area contributed by atoms with Crippen molar-refractivity contribution in [1.29, 1.82) is 0 Å². The van der Waals surface area contributed by atoms with Gasteiger partial charge in [-0.3, -0.25) is 0 Å². The monoisotopic (exact) mass is 297 g/mol. The molecule has 1 atom stereocenters. The highest BCUT2D eigenvalue weighted by atomic mass is 35.5. The summed E-state index contributed by atoms with van der Waals surface area (Å²) < 4.78 is 0. The molecule has 1 aromatic rings. The van der Waals surface area contributed by atoms with Crippen LogP contribution in [0.4, 0.5) is 5.69 Å².